The van der Waals surface area contributed by atoms with Crippen molar-refractivity contribution < 1.29 is 19.1 Å². The van der Waals surface area contributed by atoms with Gasteiger partial charge >= 0.3 is 11.9 Å². The molecule has 0 aromatic carbocycles. The molecule has 5 N–H and O–H groups in total. The lowest BCUT2D eigenvalue weighted by molar-refractivity contribution is -0.150. The molecule has 3 rings (SSSR count). The minimum absolute atomic E-state index is 0.167. The van der Waals surface area contributed by atoms with Crippen LogP contribution < -0.4 is 17.1 Å². The molecule has 1 unspecified atom stereocenters. The number of carbonyl (C=O) groups excluding carboxylic acids is 2. The first-order valence-corrected chi connectivity index (χ1v) is 9.60. The second-order valence-corrected chi connectivity index (χ2v) is 7.19. The average molecular weight is 414 g/mol. The standard InChI is InChI=1S/C20H26N6O4/c1-4-5-6-7-13(10-29-12(3)27)20(28)30-11(2)26-18(19(21)23-25-22)16-9-14-8-15(14)17(16)24-26/h4-7,11,14-15,25H,1,8-10,22H2,2-3H3,(H2,21,23)/b6-5-,13-7+/t11?,14-,15-/m1/s1. The topological polar surface area (TPSA) is 147 Å². The molecule has 0 bridgehead atoms. The Bertz CT molecular complexity index is 945. The molecule has 1 aromatic heterocycles. The number of nitrogens with two attached hydrogens (primary N) is 2. The van der Waals surface area contributed by atoms with Crippen molar-refractivity contribution in [1.29, 1.82) is 0 Å². The van der Waals surface area contributed by atoms with Crippen molar-refractivity contribution in [3.05, 3.63) is 53.4 Å². The summed E-state index contributed by atoms with van der Waals surface area (Å²) in [6.07, 6.45) is 7.51. The fourth-order valence-electron chi connectivity index (χ4n) is 3.60. The molecule has 0 amide bonds. The number of esters is 2. The maximum atomic E-state index is 12.7. The lowest BCUT2D eigenvalue weighted by atomic mass is 10.1. The van der Waals surface area contributed by atoms with E-state index in [0.29, 0.717) is 17.5 Å². The molecule has 30 heavy (non-hydrogen) atoms. The van der Waals surface area contributed by atoms with E-state index in [2.05, 4.69) is 22.3 Å². The maximum absolute atomic E-state index is 12.7. The summed E-state index contributed by atoms with van der Waals surface area (Å²) in [6, 6.07) is 0. The zero-order valence-corrected chi connectivity index (χ0v) is 17.0. The number of carbonyl (C=O) groups is 2. The summed E-state index contributed by atoms with van der Waals surface area (Å²) in [4.78, 5) is 23.9. The van der Waals surface area contributed by atoms with Gasteiger partial charge in [-0.25, -0.2) is 20.9 Å². The molecule has 0 spiro atoms. The maximum Gasteiger partial charge on any atom is 0.339 e. The van der Waals surface area contributed by atoms with E-state index >= 15 is 0 Å². The first-order chi connectivity index (χ1) is 14.4. The predicted molar refractivity (Wildman–Crippen MR) is 110 cm³/mol. The molecule has 2 aliphatic rings. The molecule has 1 saturated carbocycles. The van der Waals surface area contributed by atoms with Gasteiger partial charge in [-0.05, 0) is 31.8 Å². The van der Waals surface area contributed by atoms with E-state index in [1.807, 2.05) is 0 Å². The number of hydrogen-bond acceptors (Lipinski definition) is 8. The van der Waals surface area contributed by atoms with E-state index in [-0.39, 0.29) is 18.0 Å². The third-order valence-electron chi connectivity index (χ3n) is 5.07. The Hall–Kier alpha value is -3.40. The van der Waals surface area contributed by atoms with Crippen LogP contribution in [-0.2, 0) is 25.5 Å². The second-order valence-electron chi connectivity index (χ2n) is 7.19. The Balaban J connectivity index is 1.83. The molecule has 1 heterocycles. The van der Waals surface area contributed by atoms with Crippen molar-refractivity contribution in [3.8, 4) is 0 Å². The van der Waals surface area contributed by atoms with E-state index in [1.54, 1.807) is 29.8 Å². The van der Waals surface area contributed by atoms with Crippen molar-refractivity contribution >= 4 is 17.8 Å². The summed E-state index contributed by atoms with van der Waals surface area (Å²) in [6.45, 7) is 6.31. The third-order valence-corrected chi connectivity index (χ3v) is 5.07. The summed E-state index contributed by atoms with van der Waals surface area (Å²) < 4.78 is 12.1. The Morgan fingerprint density at radius 3 is 2.90 bits per heavy atom. The fraction of sp³-hybridized carbons (Fsp3) is 0.400. The first kappa shape index (κ1) is 21.3. The van der Waals surface area contributed by atoms with Gasteiger partial charge in [0, 0.05) is 18.4 Å². The Morgan fingerprint density at radius 2 is 2.23 bits per heavy atom. The minimum Gasteiger partial charge on any atom is -0.461 e. The Morgan fingerprint density at radius 1 is 1.47 bits per heavy atom. The molecular weight excluding hydrogens is 388 g/mol. The molecule has 160 valence electrons. The van der Waals surface area contributed by atoms with E-state index in [1.165, 1.54) is 13.0 Å². The van der Waals surface area contributed by atoms with Crippen LogP contribution in [0.15, 0.2) is 41.6 Å². The highest BCUT2D eigenvalue weighted by Crippen LogP contribution is 2.56. The minimum atomic E-state index is -0.772. The van der Waals surface area contributed by atoms with Gasteiger partial charge in [0.25, 0.3) is 0 Å². The average Bonchev–Trinajstić information content (AvgIpc) is 3.21. The summed E-state index contributed by atoms with van der Waals surface area (Å²) in [5.41, 5.74) is 11.0. The Kier molecular flexibility index (Phi) is 6.36. The van der Waals surface area contributed by atoms with Gasteiger partial charge < -0.3 is 15.2 Å². The van der Waals surface area contributed by atoms with Gasteiger partial charge in [0.1, 0.15) is 12.3 Å². The zero-order chi connectivity index (χ0) is 21.8. The molecule has 0 radical (unpaired) electrons. The molecule has 0 aliphatic heterocycles. The lowest BCUT2D eigenvalue weighted by Crippen LogP contribution is -2.29. The number of rotatable bonds is 9. The smallest absolute Gasteiger partial charge is 0.339 e. The van der Waals surface area contributed by atoms with Gasteiger partial charge in [-0.2, -0.15) is 5.10 Å². The fourth-order valence-corrected chi connectivity index (χ4v) is 3.60. The van der Waals surface area contributed by atoms with Crippen LogP contribution in [0, 0.1) is 5.92 Å². The van der Waals surface area contributed by atoms with Gasteiger partial charge in [-0.3, -0.25) is 4.79 Å². The number of ether oxygens (including phenoxy) is 2. The van der Waals surface area contributed by atoms with E-state index in [0.717, 1.165) is 24.1 Å². The number of hydrazine groups is 1. The van der Waals surface area contributed by atoms with Crippen LogP contribution in [0.4, 0.5) is 0 Å². The number of amidine groups is 1. The van der Waals surface area contributed by atoms with Crippen molar-refractivity contribution in [2.75, 3.05) is 6.61 Å². The highest BCUT2D eigenvalue weighted by atomic mass is 16.6. The molecular formula is C20H26N6O4. The third kappa shape index (κ3) is 4.43. The second kappa shape index (κ2) is 8.95. The van der Waals surface area contributed by atoms with Gasteiger partial charge in [0.2, 0.25) is 0 Å². The molecule has 3 atom stereocenters. The van der Waals surface area contributed by atoms with Crippen LogP contribution in [0.3, 0.4) is 0 Å². The van der Waals surface area contributed by atoms with Crippen LogP contribution >= 0.6 is 0 Å². The number of fused-ring (bicyclic) bond motifs is 3. The summed E-state index contributed by atoms with van der Waals surface area (Å²) in [7, 11) is 0. The number of hydrogen-bond donors (Lipinski definition) is 3. The SMILES string of the molecule is C=C/C=C\C=C(/COC(C)=O)C(=O)OC(C)n1nc2c(c1/C(N)=N/NN)C[C@H]1C[C@@H]21. The number of allylic oxidation sites excluding steroid dienone is 4. The van der Waals surface area contributed by atoms with Crippen LogP contribution in [0.25, 0.3) is 0 Å². The van der Waals surface area contributed by atoms with Gasteiger partial charge in [0.05, 0.1) is 11.3 Å². The molecule has 1 aromatic rings. The van der Waals surface area contributed by atoms with Crippen LogP contribution in [0.1, 0.15) is 49.4 Å². The largest absolute Gasteiger partial charge is 0.461 e. The normalized spacial score (nSPS) is 21.0. The zero-order valence-electron chi connectivity index (χ0n) is 17.0. The summed E-state index contributed by atoms with van der Waals surface area (Å²) in [5.74, 6) is 5.33. The first-order valence-electron chi connectivity index (χ1n) is 9.60. The summed E-state index contributed by atoms with van der Waals surface area (Å²) >= 11 is 0. The molecule has 10 heteroatoms. The quantitative estimate of drug-likeness (QED) is 0.103. The van der Waals surface area contributed by atoms with Crippen molar-refractivity contribution in [2.24, 2.45) is 22.6 Å². The highest BCUT2D eigenvalue weighted by molar-refractivity contribution is 5.98. The van der Waals surface area contributed by atoms with Crippen LogP contribution in [0.2, 0.25) is 0 Å². The van der Waals surface area contributed by atoms with Crippen molar-refractivity contribution in [2.45, 2.75) is 38.8 Å². The molecule has 10 nitrogen and oxygen atoms in total. The monoisotopic (exact) mass is 414 g/mol. The number of nitrogens with one attached hydrogen (secondary N) is 1. The predicted octanol–water partition coefficient (Wildman–Crippen LogP) is 0.920. The van der Waals surface area contributed by atoms with E-state index in [4.69, 9.17) is 21.1 Å². The van der Waals surface area contributed by atoms with Gasteiger partial charge in [-0.15, -0.1) is 5.10 Å². The molecule has 1 fully saturated rings. The van der Waals surface area contributed by atoms with Crippen LogP contribution in [-0.4, -0.2) is 34.2 Å². The number of nitrogens with zero attached hydrogens (tertiary/aromatic N) is 3. The van der Waals surface area contributed by atoms with Gasteiger partial charge in [-0.1, -0.05) is 24.8 Å². The van der Waals surface area contributed by atoms with Gasteiger partial charge in [0.15, 0.2) is 12.1 Å². The van der Waals surface area contributed by atoms with Crippen molar-refractivity contribution in [1.82, 2.24) is 15.3 Å². The Labute approximate surface area is 174 Å². The molecule has 2 aliphatic carbocycles. The lowest BCUT2D eigenvalue weighted by Gasteiger charge is -2.18. The number of hydrazone groups is 1. The van der Waals surface area contributed by atoms with E-state index in [9.17, 15) is 9.59 Å². The highest BCUT2D eigenvalue weighted by Gasteiger charge is 2.49. The summed E-state index contributed by atoms with van der Waals surface area (Å²) in [5, 5.41) is 8.53. The number of aromatic nitrogens is 2. The van der Waals surface area contributed by atoms with Crippen molar-refractivity contribution in [3.63, 3.8) is 0 Å². The van der Waals surface area contributed by atoms with E-state index < -0.39 is 18.2 Å². The molecule has 0 saturated heterocycles. The van der Waals surface area contributed by atoms with Crippen LogP contribution in [0.5, 0.6) is 0 Å².